The number of rotatable bonds is 5. The average molecular weight is 283 g/mol. The van der Waals surface area contributed by atoms with Crippen LogP contribution in [0.1, 0.15) is 5.56 Å². The first-order valence-corrected chi connectivity index (χ1v) is 6.52. The smallest absolute Gasteiger partial charge is 0.259 e. The first-order chi connectivity index (χ1) is 10.1. The summed E-state index contributed by atoms with van der Waals surface area (Å²) in [4.78, 5) is 13.6. The van der Waals surface area contributed by atoms with Gasteiger partial charge in [-0.05, 0) is 42.0 Å². The molecule has 0 spiro atoms. The third-order valence-corrected chi connectivity index (χ3v) is 2.87. The number of hydrogen-bond donors (Lipinski definition) is 2. The van der Waals surface area contributed by atoms with E-state index in [-0.39, 0.29) is 18.2 Å². The van der Waals surface area contributed by atoms with E-state index in [0.29, 0.717) is 0 Å². The van der Waals surface area contributed by atoms with Crippen molar-refractivity contribution >= 4 is 17.8 Å². The van der Waals surface area contributed by atoms with E-state index in [1.54, 1.807) is 24.3 Å². The fraction of sp³-hybridized carbons (Fsp3) is 0.125. The number of phenols is 1. The molecule has 0 saturated carbocycles. The molecule has 0 heterocycles. The van der Waals surface area contributed by atoms with Crippen LogP contribution in [0.2, 0.25) is 0 Å². The van der Waals surface area contributed by atoms with E-state index in [9.17, 15) is 4.79 Å². The van der Waals surface area contributed by atoms with Crippen molar-refractivity contribution in [2.45, 2.75) is 0 Å². The van der Waals surface area contributed by atoms with Gasteiger partial charge in [-0.15, -0.1) is 0 Å². The monoisotopic (exact) mass is 283 g/mol. The summed E-state index contributed by atoms with van der Waals surface area (Å²) in [6.45, 7) is 0.219. The number of nitrogens with zero attached hydrogens (tertiary/aromatic N) is 2. The van der Waals surface area contributed by atoms with Gasteiger partial charge in [0.1, 0.15) is 5.75 Å². The van der Waals surface area contributed by atoms with Crippen LogP contribution in [0.3, 0.4) is 0 Å². The number of hydrazone groups is 1. The zero-order valence-electron chi connectivity index (χ0n) is 11.7. The fourth-order valence-electron chi connectivity index (χ4n) is 1.76. The van der Waals surface area contributed by atoms with E-state index < -0.39 is 0 Å². The summed E-state index contributed by atoms with van der Waals surface area (Å²) >= 11 is 0. The molecule has 1 amide bonds. The van der Waals surface area contributed by atoms with Crippen molar-refractivity contribution in [1.29, 1.82) is 0 Å². The van der Waals surface area contributed by atoms with Crippen LogP contribution in [0.4, 0.5) is 5.69 Å². The van der Waals surface area contributed by atoms with Crippen LogP contribution < -0.4 is 10.3 Å². The van der Waals surface area contributed by atoms with Gasteiger partial charge in [-0.1, -0.05) is 18.2 Å². The zero-order chi connectivity index (χ0) is 15.1. The molecule has 0 aromatic heterocycles. The highest BCUT2D eigenvalue weighted by molar-refractivity contribution is 5.84. The van der Waals surface area contributed by atoms with Crippen LogP contribution in [0.5, 0.6) is 5.75 Å². The van der Waals surface area contributed by atoms with Crippen molar-refractivity contribution in [2.75, 3.05) is 18.5 Å². The standard InChI is InChI=1S/C16H17N3O2/c1-19(14-5-3-2-4-6-14)12-16(21)18-17-11-13-7-9-15(20)10-8-13/h2-11,20H,12H2,1H3,(H,18,21)/b17-11+. The molecule has 108 valence electrons. The Bertz CT molecular complexity index is 609. The van der Waals surface area contributed by atoms with Crippen molar-refractivity contribution in [3.63, 3.8) is 0 Å². The molecule has 0 saturated heterocycles. The van der Waals surface area contributed by atoms with Gasteiger partial charge in [0.05, 0.1) is 12.8 Å². The summed E-state index contributed by atoms with van der Waals surface area (Å²) in [7, 11) is 1.85. The summed E-state index contributed by atoms with van der Waals surface area (Å²) in [5, 5.41) is 13.0. The average Bonchev–Trinajstić information content (AvgIpc) is 2.50. The van der Waals surface area contributed by atoms with Crippen molar-refractivity contribution in [3.8, 4) is 5.75 Å². The summed E-state index contributed by atoms with van der Waals surface area (Å²) < 4.78 is 0. The van der Waals surface area contributed by atoms with Gasteiger partial charge in [0.25, 0.3) is 5.91 Å². The van der Waals surface area contributed by atoms with Gasteiger partial charge in [-0.3, -0.25) is 4.79 Å². The lowest BCUT2D eigenvalue weighted by molar-refractivity contribution is -0.119. The molecule has 2 N–H and O–H groups in total. The summed E-state index contributed by atoms with van der Waals surface area (Å²) in [6, 6.07) is 16.2. The summed E-state index contributed by atoms with van der Waals surface area (Å²) in [6.07, 6.45) is 1.53. The molecule has 0 radical (unpaired) electrons. The number of anilines is 1. The number of hydrogen-bond acceptors (Lipinski definition) is 4. The largest absolute Gasteiger partial charge is 0.508 e. The first kappa shape index (κ1) is 14.6. The predicted molar refractivity (Wildman–Crippen MR) is 83.6 cm³/mol. The van der Waals surface area contributed by atoms with E-state index in [0.717, 1.165) is 11.3 Å². The zero-order valence-corrected chi connectivity index (χ0v) is 11.7. The lowest BCUT2D eigenvalue weighted by atomic mass is 10.2. The number of nitrogens with one attached hydrogen (secondary N) is 1. The van der Waals surface area contributed by atoms with E-state index in [1.807, 2.05) is 42.3 Å². The predicted octanol–water partition coefficient (Wildman–Crippen LogP) is 1.98. The molecule has 0 aliphatic heterocycles. The highest BCUT2D eigenvalue weighted by atomic mass is 16.3. The molecule has 0 aliphatic carbocycles. The SMILES string of the molecule is CN(CC(=O)N/N=C/c1ccc(O)cc1)c1ccccc1. The van der Waals surface area contributed by atoms with Crippen LogP contribution in [0.15, 0.2) is 59.7 Å². The van der Waals surface area contributed by atoms with Crippen LogP contribution in [-0.2, 0) is 4.79 Å². The van der Waals surface area contributed by atoms with E-state index in [1.165, 1.54) is 6.21 Å². The van der Waals surface area contributed by atoms with Crippen molar-refractivity contribution in [1.82, 2.24) is 5.43 Å². The quantitative estimate of drug-likeness (QED) is 0.651. The second-order valence-electron chi connectivity index (χ2n) is 4.58. The van der Waals surface area contributed by atoms with Gasteiger partial charge in [0.2, 0.25) is 0 Å². The Morgan fingerprint density at radius 2 is 1.86 bits per heavy atom. The number of para-hydroxylation sites is 1. The summed E-state index contributed by atoms with van der Waals surface area (Å²) in [5.41, 5.74) is 4.24. The Labute approximate surface area is 123 Å². The third kappa shape index (κ3) is 4.65. The maximum absolute atomic E-state index is 11.8. The van der Waals surface area contributed by atoms with Gasteiger partial charge in [0, 0.05) is 12.7 Å². The number of likely N-dealkylation sites (N-methyl/N-ethyl adjacent to an activating group) is 1. The highest BCUT2D eigenvalue weighted by Gasteiger charge is 2.05. The molecule has 0 bridgehead atoms. The second-order valence-corrected chi connectivity index (χ2v) is 4.58. The molecule has 0 atom stereocenters. The molecule has 2 rings (SSSR count). The number of carbonyl (C=O) groups is 1. The molecule has 0 unspecified atom stereocenters. The lowest BCUT2D eigenvalue weighted by Gasteiger charge is -2.17. The van der Waals surface area contributed by atoms with Gasteiger partial charge in [0.15, 0.2) is 0 Å². The van der Waals surface area contributed by atoms with Crippen LogP contribution in [-0.4, -0.2) is 30.8 Å². The van der Waals surface area contributed by atoms with Gasteiger partial charge < -0.3 is 10.0 Å². The first-order valence-electron chi connectivity index (χ1n) is 6.52. The molecule has 5 nitrogen and oxygen atoms in total. The second kappa shape index (κ2) is 7.09. The van der Waals surface area contributed by atoms with Crippen LogP contribution in [0, 0.1) is 0 Å². The Balaban J connectivity index is 1.83. The summed E-state index contributed by atoms with van der Waals surface area (Å²) in [5.74, 6) is -0.00273. The minimum atomic E-state index is -0.198. The van der Waals surface area contributed by atoms with Gasteiger partial charge in [-0.25, -0.2) is 5.43 Å². The van der Waals surface area contributed by atoms with Crippen molar-refractivity contribution < 1.29 is 9.90 Å². The maximum atomic E-state index is 11.8. The van der Waals surface area contributed by atoms with E-state index in [4.69, 9.17) is 5.11 Å². The molecule has 21 heavy (non-hydrogen) atoms. The van der Waals surface area contributed by atoms with Crippen LogP contribution >= 0.6 is 0 Å². The van der Waals surface area contributed by atoms with E-state index in [2.05, 4.69) is 10.5 Å². The molecule has 0 aliphatic rings. The normalized spacial score (nSPS) is 10.5. The molecular formula is C16H17N3O2. The Morgan fingerprint density at radius 3 is 2.52 bits per heavy atom. The third-order valence-electron chi connectivity index (χ3n) is 2.87. The molecule has 5 heteroatoms. The topological polar surface area (TPSA) is 64.9 Å². The number of phenolic OH excluding ortho intramolecular Hbond substituents is 1. The highest BCUT2D eigenvalue weighted by Crippen LogP contribution is 2.10. The fourth-order valence-corrected chi connectivity index (χ4v) is 1.76. The molecule has 2 aromatic carbocycles. The minimum Gasteiger partial charge on any atom is -0.508 e. The van der Waals surface area contributed by atoms with Crippen molar-refractivity contribution in [2.24, 2.45) is 5.10 Å². The Morgan fingerprint density at radius 1 is 1.19 bits per heavy atom. The maximum Gasteiger partial charge on any atom is 0.259 e. The Kier molecular flexibility index (Phi) is 4.93. The molecule has 2 aromatic rings. The number of aromatic hydroxyl groups is 1. The number of benzene rings is 2. The van der Waals surface area contributed by atoms with E-state index >= 15 is 0 Å². The molecule has 0 fully saturated rings. The van der Waals surface area contributed by atoms with Gasteiger partial charge in [-0.2, -0.15) is 5.10 Å². The lowest BCUT2D eigenvalue weighted by Crippen LogP contribution is -2.32. The van der Waals surface area contributed by atoms with Gasteiger partial charge >= 0.3 is 0 Å². The number of amides is 1. The number of carbonyl (C=O) groups excluding carboxylic acids is 1. The van der Waals surface area contributed by atoms with Crippen LogP contribution in [0.25, 0.3) is 0 Å². The Hall–Kier alpha value is -2.82. The minimum absolute atomic E-state index is 0.195. The molecular weight excluding hydrogens is 266 g/mol. The van der Waals surface area contributed by atoms with Crippen molar-refractivity contribution in [3.05, 3.63) is 60.2 Å².